The van der Waals surface area contributed by atoms with Gasteiger partial charge >= 0.3 is 0 Å². The summed E-state index contributed by atoms with van der Waals surface area (Å²) in [6.07, 6.45) is 9.55. The van der Waals surface area contributed by atoms with E-state index in [0.717, 1.165) is 57.8 Å². The van der Waals surface area contributed by atoms with Gasteiger partial charge in [0.25, 0.3) is 0 Å². The average Bonchev–Trinajstić information content (AvgIpc) is 3.12. The van der Waals surface area contributed by atoms with Crippen LogP contribution in [0.1, 0.15) is 29.9 Å². The first kappa shape index (κ1) is 14.7. The Bertz CT molecular complexity index is 726. The maximum atomic E-state index is 5.70. The van der Waals surface area contributed by atoms with Gasteiger partial charge < -0.3 is 19.8 Å². The van der Waals surface area contributed by atoms with Crippen LogP contribution in [0.3, 0.4) is 0 Å². The van der Waals surface area contributed by atoms with E-state index in [1.165, 1.54) is 16.8 Å². The quantitative estimate of drug-likeness (QED) is 0.917. The molecule has 5 nitrogen and oxygen atoms in total. The number of fused-ring (bicyclic) bond motifs is 2. The van der Waals surface area contributed by atoms with Crippen LogP contribution in [0.15, 0.2) is 30.2 Å². The van der Waals surface area contributed by atoms with E-state index in [1.807, 2.05) is 6.20 Å². The summed E-state index contributed by atoms with van der Waals surface area (Å²) in [6.45, 7) is 4.99. The third-order valence-corrected chi connectivity index (χ3v) is 5.26. The lowest BCUT2D eigenvalue weighted by Crippen LogP contribution is -2.35. The zero-order valence-electron chi connectivity index (χ0n) is 13.8. The molecule has 0 aromatic carbocycles. The Hall–Kier alpha value is -1.85. The minimum atomic E-state index is 0.749. The fourth-order valence-corrected chi connectivity index (χ4v) is 3.99. The van der Waals surface area contributed by atoms with Crippen LogP contribution in [0.5, 0.6) is 0 Å². The fourth-order valence-electron chi connectivity index (χ4n) is 3.99. The normalized spacial score (nSPS) is 18.7. The molecule has 0 amide bonds. The number of rotatable bonds is 2. The number of likely N-dealkylation sites (tertiary alicyclic amines) is 1. The zero-order chi connectivity index (χ0) is 15.8. The van der Waals surface area contributed by atoms with Crippen LogP contribution in [0.4, 0.5) is 0 Å². The predicted molar refractivity (Wildman–Crippen MR) is 92.1 cm³/mol. The van der Waals surface area contributed by atoms with Crippen LogP contribution in [0.25, 0.3) is 5.57 Å². The standard InChI is InChI=1S/C18H25N5/c1-21-8-4-15-16(21)5-11-23-13-7-20-18(23)17(15)14-2-9-22(10-3-14)12-6-19/h4,7-8,13H,2-3,5-6,9-12,19H2,1H3. The molecule has 0 unspecified atom stereocenters. The Labute approximate surface area is 137 Å². The molecule has 5 heteroatoms. The number of imidazole rings is 1. The van der Waals surface area contributed by atoms with E-state index in [4.69, 9.17) is 10.7 Å². The van der Waals surface area contributed by atoms with Crippen LogP contribution >= 0.6 is 0 Å². The lowest BCUT2D eigenvalue weighted by Gasteiger charge is -2.29. The highest BCUT2D eigenvalue weighted by Gasteiger charge is 2.26. The summed E-state index contributed by atoms with van der Waals surface area (Å²) in [6, 6.07) is 2.27. The molecule has 2 aliphatic rings. The van der Waals surface area contributed by atoms with E-state index in [9.17, 15) is 0 Å². The van der Waals surface area contributed by atoms with Crippen LogP contribution in [-0.4, -0.2) is 45.2 Å². The van der Waals surface area contributed by atoms with Crippen LogP contribution in [0.2, 0.25) is 0 Å². The van der Waals surface area contributed by atoms with Crippen molar-refractivity contribution in [3.8, 4) is 0 Å². The summed E-state index contributed by atoms with van der Waals surface area (Å²) < 4.78 is 4.58. The molecule has 2 aromatic rings. The van der Waals surface area contributed by atoms with Gasteiger partial charge in [0.2, 0.25) is 0 Å². The first-order valence-corrected chi connectivity index (χ1v) is 8.58. The number of hydrogen-bond acceptors (Lipinski definition) is 3. The molecule has 0 saturated carbocycles. The largest absolute Gasteiger partial charge is 0.354 e. The van der Waals surface area contributed by atoms with Crippen molar-refractivity contribution < 1.29 is 0 Å². The van der Waals surface area contributed by atoms with Gasteiger partial charge in [0.05, 0.1) is 0 Å². The Morgan fingerprint density at radius 1 is 1.13 bits per heavy atom. The highest BCUT2D eigenvalue weighted by Crippen LogP contribution is 2.35. The van der Waals surface area contributed by atoms with Gasteiger partial charge in [0, 0.05) is 81.6 Å². The summed E-state index contributed by atoms with van der Waals surface area (Å²) in [5.41, 5.74) is 11.5. The fraction of sp³-hybridized carbons (Fsp3) is 0.500. The van der Waals surface area contributed by atoms with E-state index < -0.39 is 0 Å². The van der Waals surface area contributed by atoms with E-state index in [1.54, 1.807) is 5.57 Å². The Morgan fingerprint density at radius 2 is 1.96 bits per heavy atom. The van der Waals surface area contributed by atoms with Gasteiger partial charge in [0.15, 0.2) is 0 Å². The molecule has 4 heterocycles. The number of piperidine rings is 1. The lowest BCUT2D eigenvalue weighted by atomic mass is 9.92. The summed E-state index contributed by atoms with van der Waals surface area (Å²) in [4.78, 5) is 7.17. The third kappa shape index (κ3) is 2.54. The second kappa shape index (κ2) is 5.98. The minimum Gasteiger partial charge on any atom is -0.354 e. The maximum Gasteiger partial charge on any atom is 0.140 e. The van der Waals surface area contributed by atoms with Crippen molar-refractivity contribution in [3.05, 3.63) is 47.3 Å². The van der Waals surface area contributed by atoms with E-state index in [-0.39, 0.29) is 0 Å². The van der Waals surface area contributed by atoms with Crippen LogP contribution in [-0.2, 0) is 20.0 Å². The highest BCUT2D eigenvalue weighted by molar-refractivity contribution is 5.81. The van der Waals surface area contributed by atoms with Crippen molar-refractivity contribution in [1.29, 1.82) is 0 Å². The summed E-state index contributed by atoms with van der Waals surface area (Å²) in [5.74, 6) is 1.15. The van der Waals surface area contributed by atoms with E-state index in [0.29, 0.717) is 0 Å². The Balaban J connectivity index is 1.77. The predicted octanol–water partition coefficient (Wildman–Crippen LogP) is 1.63. The minimum absolute atomic E-state index is 0.749. The van der Waals surface area contributed by atoms with Gasteiger partial charge in [0.1, 0.15) is 5.82 Å². The maximum absolute atomic E-state index is 5.70. The van der Waals surface area contributed by atoms with Crippen LogP contribution in [0, 0.1) is 0 Å². The van der Waals surface area contributed by atoms with Crippen molar-refractivity contribution in [2.24, 2.45) is 12.8 Å². The van der Waals surface area contributed by atoms with Crippen molar-refractivity contribution in [2.45, 2.75) is 25.8 Å². The van der Waals surface area contributed by atoms with Gasteiger partial charge in [-0.1, -0.05) is 5.57 Å². The molecule has 0 radical (unpaired) electrons. The average molecular weight is 311 g/mol. The number of hydrogen-bond donors (Lipinski definition) is 1. The van der Waals surface area contributed by atoms with Gasteiger partial charge in [-0.05, 0) is 18.9 Å². The van der Waals surface area contributed by atoms with Gasteiger partial charge in [-0.25, -0.2) is 4.98 Å². The molecule has 0 spiro atoms. The third-order valence-electron chi connectivity index (χ3n) is 5.26. The zero-order valence-corrected chi connectivity index (χ0v) is 13.8. The summed E-state index contributed by atoms with van der Waals surface area (Å²) in [5, 5.41) is 0. The lowest BCUT2D eigenvalue weighted by molar-refractivity contribution is 0.264. The molecule has 1 saturated heterocycles. The second-order valence-corrected chi connectivity index (χ2v) is 6.59. The number of aryl methyl sites for hydroxylation is 2. The molecular formula is C18H25N5. The molecule has 23 heavy (non-hydrogen) atoms. The van der Waals surface area contributed by atoms with Gasteiger partial charge in [-0.3, -0.25) is 0 Å². The summed E-state index contributed by atoms with van der Waals surface area (Å²) >= 11 is 0. The Morgan fingerprint density at radius 3 is 2.74 bits per heavy atom. The highest BCUT2D eigenvalue weighted by atomic mass is 15.1. The van der Waals surface area contributed by atoms with Crippen molar-refractivity contribution >= 4 is 5.57 Å². The number of nitrogens with two attached hydrogens (primary N) is 1. The molecule has 122 valence electrons. The molecule has 2 N–H and O–H groups in total. The first-order valence-electron chi connectivity index (χ1n) is 8.58. The topological polar surface area (TPSA) is 52.0 Å². The monoisotopic (exact) mass is 311 g/mol. The molecule has 2 aromatic heterocycles. The van der Waals surface area contributed by atoms with Crippen LogP contribution < -0.4 is 5.73 Å². The Kier molecular flexibility index (Phi) is 3.83. The van der Waals surface area contributed by atoms with Gasteiger partial charge in [-0.15, -0.1) is 0 Å². The van der Waals surface area contributed by atoms with E-state index >= 15 is 0 Å². The van der Waals surface area contributed by atoms with Crippen molar-refractivity contribution in [1.82, 2.24) is 19.0 Å². The molecule has 1 fully saturated rings. The molecule has 4 rings (SSSR count). The molecule has 0 bridgehead atoms. The molecule has 0 aliphatic carbocycles. The van der Waals surface area contributed by atoms with Crippen molar-refractivity contribution in [2.75, 3.05) is 26.2 Å². The summed E-state index contributed by atoms with van der Waals surface area (Å²) in [7, 11) is 2.15. The van der Waals surface area contributed by atoms with Crippen molar-refractivity contribution in [3.63, 3.8) is 0 Å². The SMILES string of the molecule is Cn1ccc2c1CCn1ccnc1C2=C1CCN(CCN)CC1. The number of nitrogens with zero attached hydrogens (tertiary/aromatic N) is 4. The molecular weight excluding hydrogens is 286 g/mol. The smallest absolute Gasteiger partial charge is 0.140 e. The van der Waals surface area contributed by atoms with E-state index in [2.05, 4.69) is 39.5 Å². The second-order valence-electron chi connectivity index (χ2n) is 6.59. The first-order chi connectivity index (χ1) is 11.3. The van der Waals surface area contributed by atoms with Gasteiger partial charge in [-0.2, -0.15) is 0 Å². The molecule has 0 atom stereocenters. The molecule has 2 aliphatic heterocycles. The number of aromatic nitrogens is 3.